The number of imidazole rings is 1. The van der Waals surface area contributed by atoms with E-state index in [1.807, 2.05) is 16.8 Å². The van der Waals surface area contributed by atoms with Gasteiger partial charge in [0, 0.05) is 12.1 Å². The molecule has 0 unspecified atom stereocenters. The number of benzene rings is 2. The van der Waals surface area contributed by atoms with Crippen molar-refractivity contribution in [3.05, 3.63) is 59.7 Å². The molecule has 10 heteroatoms. The van der Waals surface area contributed by atoms with Crippen LogP contribution in [0, 0.1) is 5.82 Å². The molecule has 2 N–H and O–H groups in total. The van der Waals surface area contributed by atoms with Crippen molar-refractivity contribution in [2.75, 3.05) is 11.1 Å². The molecular weight excluding hydrogens is 429 g/mol. The van der Waals surface area contributed by atoms with Crippen molar-refractivity contribution in [2.45, 2.75) is 43.3 Å². The summed E-state index contributed by atoms with van der Waals surface area (Å²) in [6.07, 6.45) is 4.90. The number of hydrogen-bond acceptors (Lipinski definition) is 6. The van der Waals surface area contributed by atoms with Crippen LogP contribution in [0.15, 0.2) is 47.6 Å². The normalized spacial score (nSPS) is 14.3. The van der Waals surface area contributed by atoms with Gasteiger partial charge in [-0.2, -0.15) is 0 Å². The predicted octanol–water partition coefficient (Wildman–Crippen LogP) is 4.13. The van der Waals surface area contributed by atoms with Crippen molar-refractivity contribution in [2.24, 2.45) is 0 Å². The zero-order chi connectivity index (χ0) is 21.9. The van der Waals surface area contributed by atoms with Crippen LogP contribution in [0.2, 0.25) is 0 Å². The lowest BCUT2D eigenvalue weighted by atomic mass is 10.1. The van der Waals surface area contributed by atoms with Crippen molar-refractivity contribution in [1.82, 2.24) is 30.2 Å². The van der Waals surface area contributed by atoms with Crippen LogP contribution in [-0.2, 0) is 11.2 Å². The third-order valence-electron chi connectivity index (χ3n) is 5.60. The van der Waals surface area contributed by atoms with Crippen molar-refractivity contribution < 1.29 is 9.18 Å². The standard InChI is InChI=1S/C22H22FN7OS/c23-17-8-4-1-5-14(17)11-20-25-18-10-9-15(12-19(18)26-20)24-21(31)13-32-22-27-28-29-30(22)16-6-2-3-7-16/h1,4-5,8-10,12,16H,2-3,6-7,11,13H2,(H,24,31)(H,25,26). The molecule has 0 radical (unpaired) electrons. The van der Waals surface area contributed by atoms with E-state index in [9.17, 15) is 9.18 Å². The van der Waals surface area contributed by atoms with Gasteiger partial charge in [0.2, 0.25) is 11.1 Å². The fourth-order valence-corrected chi connectivity index (χ4v) is 4.78. The second kappa shape index (κ2) is 9.07. The Morgan fingerprint density at radius 2 is 2.06 bits per heavy atom. The molecule has 5 rings (SSSR count). The number of thioether (sulfide) groups is 1. The van der Waals surface area contributed by atoms with E-state index in [1.54, 1.807) is 24.3 Å². The van der Waals surface area contributed by atoms with Gasteiger partial charge in [0.05, 0.1) is 22.8 Å². The maximum absolute atomic E-state index is 13.9. The van der Waals surface area contributed by atoms with Gasteiger partial charge in [-0.25, -0.2) is 14.1 Å². The van der Waals surface area contributed by atoms with Gasteiger partial charge in [0.25, 0.3) is 0 Å². The first-order valence-corrected chi connectivity index (χ1v) is 11.6. The zero-order valence-electron chi connectivity index (χ0n) is 17.3. The molecule has 1 aliphatic carbocycles. The first kappa shape index (κ1) is 20.6. The van der Waals surface area contributed by atoms with Gasteiger partial charge in [-0.1, -0.05) is 42.8 Å². The van der Waals surface area contributed by atoms with Gasteiger partial charge >= 0.3 is 0 Å². The third kappa shape index (κ3) is 4.50. The number of amides is 1. The number of fused-ring (bicyclic) bond motifs is 1. The number of carbonyl (C=O) groups excluding carboxylic acids is 1. The van der Waals surface area contributed by atoms with Crippen molar-refractivity contribution >= 4 is 34.4 Å². The van der Waals surface area contributed by atoms with Crippen LogP contribution in [0.25, 0.3) is 11.0 Å². The van der Waals surface area contributed by atoms with Gasteiger partial charge in [-0.3, -0.25) is 4.79 Å². The SMILES string of the molecule is O=C(CSc1nnnn1C1CCCC1)Nc1ccc2nc(Cc3ccccc3F)[nH]c2c1. The molecule has 164 valence electrons. The van der Waals surface area contributed by atoms with Gasteiger partial charge < -0.3 is 10.3 Å². The summed E-state index contributed by atoms with van der Waals surface area (Å²) < 4.78 is 15.8. The monoisotopic (exact) mass is 451 g/mol. The van der Waals surface area contributed by atoms with E-state index in [1.165, 1.54) is 30.7 Å². The highest BCUT2D eigenvalue weighted by molar-refractivity contribution is 7.99. The third-order valence-corrected chi connectivity index (χ3v) is 6.53. The molecule has 0 spiro atoms. The van der Waals surface area contributed by atoms with E-state index in [4.69, 9.17) is 0 Å². The number of aromatic nitrogens is 6. The number of rotatable bonds is 7. The number of tetrazole rings is 1. The summed E-state index contributed by atoms with van der Waals surface area (Å²) in [6, 6.07) is 12.5. The van der Waals surface area contributed by atoms with Crippen molar-refractivity contribution in [1.29, 1.82) is 0 Å². The number of halogens is 1. The molecule has 2 aromatic carbocycles. The maximum atomic E-state index is 13.9. The molecule has 1 amide bonds. The van der Waals surface area contributed by atoms with Gasteiger partial charge in [0.15, 0.2) is 0 Å². The number of nitrogens with zero attached hydrogens (tertiary/aromatic N) is 5. The summed E-state index contributed by atoms with van der Waals surface area (Å²) in [7, 11) is 0. The average molecular weight is 452 g/mol. The molecule has 0 bridgehead atoms. The molecule has 0 atom stereocenters. The summed E-state index contributed by atoms with van der Waals surface area (Å²) in [5.41, 5.74) is 2.79. The van der Waals surface area contributed by atoms with Crippen molar-refractivity contribution in [3.63, 3.8) is 0 Å². The van der Waals surface area contributed by atoms with Crippen LogP contribution < -0.4 is 5.32 Å². The number of carbonyl (C=O) groups is 1. The number of H-pyrrole nitrogens is 1. The topological polar surface area (TPSA) is 101 Å². The van der Waals surface area contributed by atoms with Gasteiger partial charge in [-0.15, -0.1) is 5.10 Å². The van der Waals surface area contributed by atoms with Gasteiger partial charge in [0.1, 0.15) is 11.6 Å². The molecule has 0 aliphatic heterocycles. The maximum Gasteiger partial charge on any atom is 0.234 e. The highest BCUT2D eigenvalue weighted by Gasteiger charge is 2.22. The summed E-state index contributed by atoms with van der Waals surface area (Å²) in [6.45, 7) is 0. The Balaban J connectivity index is 1.22. The lowest BCUT2D eigenvalue weighted by molar-refractivity contribution is -0.113. The Hall–Kier alpha value is -3.27. The van der Waals surface area contributed by atoms with Gasteiger partial charge in [-0.05, 0) is 53.1 Å². The number of nitrogens with one attached hydrogen (secondary N) is 2. The Morgan fingerprint density at radius 3 is 2.91 bits per heavy atom. The molecule has 1 fully saturated rings. The first-order chi connectivity index (χ1) is 15.7. The zero-order valence-corrected chi connectivity index (χ0v) is 18.1. The molecule has 8 nitrogen and oxygen atoms in total. The van der Waals surface area contributed by atoms with E-state index in [0.717, 1.165) is 23.9 Å². The summed E-state index contributed by atoms with van der Waals surface area (Å²) in [5, 5.41) is 15.5. The van der Waals surface area contributed by atoms with Crippen LogP contribution in [0.3, 0.4) is 0 Å². The minimum atomic E-state index is -0.252. The predicted molar refractivity (Wildman–Crippen MR) is 120 cm³/mol. The Labute approximate surface area is 188 Å². The minimum Gasteiger partial charge on any atom is -0.342 e. The fourth-order valence-electron chi connectivity index (χ4n) is 4.03. The molecule has 4 aromatic rings. The lowest BCUT2D eigenvalue weighted by Crippen LogP contribution is -2.15. The molecule has 0 saturated heterocycles. The lowest BCUT2D eigenvalue weighted by Gasteiger charge is -2.10. The highest BCUT2D eigenvalue weighted by Crippen LogP contribution is 2.31. The molecule has 2 heterocycles. The van der Waals surface area contributed by atoms with Crippen molar-refractivity contribution in [3.8, 4) is 0 Å². The van der Waals surface area contributed by atoms with E-state index in [0.29, 0.717) is 34.7 Å². The summed E-state index contributed by atoms with van der Waals surface area (Å²) >= 11 is 1.34. The number of aromatic amines is 1. The minimum absolute atomic E-state index is 0.138. The Morgan fingerprint density at radius 1 is 1.22 bits per heavy atom. The number of anilines is 1. The Kier molecular flexibility index (Phi) is 5.85. The largest absolute Gasteiger partial charge is 0.342 e. The summed E-state index contributed by atoms with van der Waals surface area (Å²) in [5.74, 6) is 0.494. The molecule has 1 aliphatic rings. The molecule has 2 aromatic heterocycles. The van der Waals surface area contributed by atoms with Crippen LogP contribution in [0.4, 0.5) is 10.1 Å². The van der Waals surface area contributed by atoms with E-state index < -0.39 is 0 Å². The highest BCUT2D eigenvalue weighted by atomic mass is 32.2. The molecular formula is C22H22FN7OS. The van der Waals surface area contributed by atoms with E-state index in [-0.39, 0.29) is 17.5 Å². The Bertz CT molecular complexity index is 1250. The van der Waals surface area contributed by atoms with Crippen LogP contribution in [0.5, 0.6) is 0 Å². The average Bonchev–Trinajstić information content (AvgIpc) is 3.54. The quantitative estimate of drug-likeness (QED) is 0.410. The fraction of sp³-hybridized carbons (Fsp3) is 0.318. The van der Waals surface area contributed by atoms with E-state index in [2.05, 4.69) is 30.8 Å². The molecule has 32 heavy (non-hydrogen) atoms. The molecule has 1 saturated carbocycles. The van der Waals surface area contributed by atoms with Crippen LogP contribution >= 0.6 is 11.8 Å². The smallest absolute Gasteiger partial charge is 0.234 e. The van der Waals surface area contributed by atoms with E-state index >= 15 is 0 Å². The second-order valence-corrected chi connectivity index (χ2v) is 8.81. The summed E-state index contributed by atoms with van der Waals surface area (Å²) in [4.78, 5) is 20.2. The van der Waals surface area contributed by atoms with Crippen LogP contribution in [0.1, 0.15) is 43.1 Å². The second-order valence-electron chi connectivity index (χ2n) is 7.86. The number of hydrogen-bond donors (Lipinski definition) is 2. The van der Waals surface area contributed by atoms with Crippen LogP contribution in [-0.4, -0.2) is 41.8 Å². The first-order valence-electron chi connectivity index (χ1n) is 10.6.